The number of carbonyl (C=O) groups is 2. The Labute approximate surface area is 145 Å². The van der Waals surface area contributed by atoms with E-state index in [1.54, 1.807) is 11.0 Å². The van der Waals surface area contributed by atoms with Crippen LogP contribution in [0.15, 0.2) is 29.8 Å². The van der Waals surface area contributed by atoms with Gasteiger partial charge in [-0.15, -0.1) is 0 Å². The molecule has 0 bridgehead atoms. The van der Waals surface area contributed by atoms with Gasteiger partial charge in [-0.2, -0.15) is 5.26 Å². The van der Waals surface area contributed by atoms with Crippen LogP contribution in [0.1, 0.15) is 30.6 Å². The number of nitriles is 1. The number of rotatable bonds is 2. The van der Waals surface area contributed by atoms with Gasteiger partial charge in [-0.3, -0.25) is 9.59 Å². The fraction of sp³-hybridized carbons (Fsp3) is 0.421. The Hall–Kier alpha value is -2.68. The summed E-state index contributed by atoms with van der Waals surface area (Å²) < 4.78 is 18.7. The zero-order valence-electron chi connectivity index (χ0n) is 14.4. The number of ketones is 1. The number of carbonyl (C=O) groups excluding carboxylic acids is 2. The lowest BCUT2D eigenvalue weighted by molar-refractivity contribution is -0.127. The quantitative estimate of drug-likeness (QED) is 0.828. The Morgan fingerprint density at radius 3 is 2.64 bits per heavy atom. The summed E-state index contributed by atoms with van der Waals surface area (Å²) in [7, 11) is 1.43. The molecule has 25 heavy (non-hydrogen) atoms. The van der Waals surface area contributed by atoms with Gasteiger partial charge in [-0.1, -0.05) is 19.9 Å². The van der Waals surface area contributed by atoms with Gasteiger partial charge in [0.2, 0.25) is 0 Å². The summed E-state index contributed by atoms with van der Waals surface area (Å²) in [4.78, 5) is 26.5. The number of likely N-dealkylation sites (tertiary alicyclic amines) is 1. The van der Waals surface area contributed by atoms with Crippen LogP contribution in [0.5, 0.6) is 5.75 Å². The van der Waals surface area contributed by atoms with Gasteiger partial charge in [0, 0.05) is 23.9 Å². The van der Waals surface area contributed by atoms with E-state index in [2.05, 4.69) is 0 Å². The van der Waals surface area contributed by atoms with Crippen LogP contribution in [-0.4, -0.2) is 36.8 Å². The molecule has 0 unspecified atom stereocenters. The molecule has 1 aromatic rings. The van der Waals surface area contributed by atoms with Crippen molar-refractivity contribution in [1.82, 2.24) is 4.90 Å². The van der Waals surface area contributed by atoms with E-state index < -0.39 is 11.2 Å². The normalized spacial score (nSPS) is 20.5. The molecule has 1 fully saturated rings. The van der Waals surface area contributed by atoms with Crippen LogP contribution in [-0.2, 0) is 4.79 Å². The first-order valence-corrected chi connectivity index (χ1v) is 8.02. The van der Waals surface area contributed by atoms with E-state index in [9.17, 15) is 19.2 Å². The monoisotopic (exact) mass is 342 g/mol. The molecule has 1 aromatic carbocycles. The van der Waals surface area contributed by atoms with Crippen LogP contribution in [0.25, 0.3) is 0 Å². The lowest BCUT2D eigenvalue weighted by Gasteiger charge is -2.53. The lowest BCUT2D eigenvalue weighted by atomic mass is 9.61. The summed E-state index contributed by atoms with van der Waals surface area (Å²) in [6, 6.07) is 5.80. The third-order valence-corrected chi connectivity index (χ3v) is 4.91. The molecule has 0 radical (unpaired) electrons. The van der Waals surface area contributed by atoms with Gasteiger partial charge in [0.1, 0.15) is 17.6 Å². The molecule has 1 aliphatic heterocycles. The molecule has 0 saturated carbocycles. The average Bonchev–Trinajstić information content (AvgIpc) is 2.54. The van der Waals surface area contributed by atoms with E-state index in [-0.39, 0.29) is 28.2 Å². The molecule has 1 amide bonds. The van der Waals surface area contributed by atoms with Gasteiger partial charge in [0.25, 0.3) is 5.91 Å². The standard InChI is InChI=1S/C19H19FN2O3/c1-18(2)9-19(7-12(8-21)16(18)23)10-22(11-19)17(24)14-6-13(20)4-5-15(14)25-3/h4-7H,9-11H2,1-3H3. The lowest BCUT2D eigenvalue weighted by Crippen LogP contribution is -2.60. The second kappa shape index (κ2) is 5.69. The van der Waals surface area contributed by atoms with E-state index in [4.69, 9.17) is 4.74 Å². The van der Waals surface area contributed by atoms with Gasteiger partial charge in [-0.25, -0.2) is 4.39 Å². The maximum Gasteiger partial charge on any atom is 0.257 e. The van der Waals surface area contributed by atoms with Gasteiger partial charge in [-0.05, 0) is 24.6 Å². The first-order chi connectivity index (χ1) is 11.7. The topological polar surface area (TPSA) is 70.4 Å². The highest BCUT2D eigenvalue weighted by molar-refractivity contribution is 6.04. The minimum atomic E-state index is -0.633. The summed E-state index contributed by atoms with van der Waals surface area (Å²) in [6.45, 7) is 4.43. The number of hydrogen-bond donors (Lipinski definition) is 0. The molecule has 3 rings (SSSR count). The maximum atomic E-state index is 13.5. The van der Waals surface area contributed by atoms with E-state index in [0.717, 1.165) is 6.07 Å². The number of amides is 1. The largest absolute Gasteiger partial charge is 0.496 e. The van der Waals surface area contributed by atoms with E-state index in [1.165, 1.54) is 19.2 Å². The minimum absolute atomic E-state index is 0.155. The number of ether oxygens (including phenoxy) is 1. The molecule has 1 heterocycles. The number of allylic oxidation sites excluding steroid dienone is 1. The van der Waals surface area contributed by atoms with Crippen molar-refractivity contribution in [2.45, 2.75) is 20.3 Å². The van der Waals surface area contributed by atoms with Crippen molar-refractivity contribution in [3.8, 4) is 11.8 Å². The number of halogens is 1. The zero-order chi connectivity index (χ0) is 18.4. The summed E-state index contributed by atoms with van der Waals surface area (Å²) in [5.41, 5.74) is -0.677. The van der Waals surface area contributed by atoms with Crippen molar-refractivity contribution < 1.29 is 18.7 Å². The van der Waals surface area contributed by atoms with Crippen LogP contribution >= 0.6 is 0 Å². The second-order valence-electron chi connectivity index (χ2n) is 7.43. The molecular weight excluding hydrogens is 323 g/mol. The minimum Gasteiger partial charge on any atom is -0.496 e. The Balaban J connectivity index is 1.84. The highest BCUT2D eigenvalue weighted by Gasteiger charge is 2.52. The fourth-order valence-corrected chi connectivity index (χ4v) is 3.91. The number of methoxy groups -OCH3 is 1. The summed E-state index contributed by atoms with van der Waals surface area (Å²) in [5, 5.41) is 9.22. The SMILES string of the molecule is COc1ccc(F)cc1C(=O)N1CC2(C=C(C#N)C(=O)C(C)(C)C2)C1. The van der Waals surface area contributed by atoms with Gasteiger partial charge >= 0.3 is 0 Å². The van der Waals surface area contributed by atoms with Crippen molar-refractivity contribution in [3.63, 3.8) is 0 Å². The van der Waals surface area contributed by atoms with Crippen molar-refractivity contribution in [2.24, 2.45) is 10.8 Å². The number of benzene rings is 1. The highest BCUT2D eigenvalue weighted by Crippen LogP contribution is 2.48. The Morgan fingerprint density at radius 1 is 1.36 bits per heavy atom. The number of nitrogens with zero attached hydrogens (tertiary/aromatic N) is 2. The summed E-state index contributed by atoms with van der Waals surface area (Å²) in [5.74, 6) is -0.656. The number of Topliss-reactive ketones (excluding diaryl/α,β-unsaturated/α-hetero) is 1. The molecule has 6 heteroatoms. The average molecular weight is 342 g/mol. The predicted octanol–water partition coefficient (Wildman–Crippen LogP) is 2.73. The highest BCUT2D eigenvalue weighted by atomic mass is 19.1. The molecule has 2 aliphatic rings. The molecule has 5 nitrogen and oxygen atoms in total. The smallest absolute Gasteiger partial charge is 0.257 e. The van der Waals surface area contributed by atoms with Crippen LogP contribution in [0.4, 0.5) is 4.39 Å². The van der Waals surface area contributed by atoms with E-state index in [0.29, 0.717) is 25.3 Å². The van der Waals surface area contributed by atoms with Crippen LogP contribution in [0, 0.1) is 28.0 Å². The first kappa shape index (κ1) is 17.2. The summed E-state index contributed by atoms with van der Waals surface area (Å²) >= 11 is 0. The zero-order valence-corrected chi connectivity index (χ0v) is 14.4. The van der Waals surface area contributed by atoms with Crippen LogP contribution in [0.3, 0.4) is 0 Å². The second-order valence-corrected chi connectivity index (χ2v) is 7.43. The molecule has 130 valence electrons. The maximum absolute atomic E-state index is 13.5. The Kier molecular flexibility index (Phi) is 3.91. The van der Waals surface area contributed by atoms with Gasteiger partial charge < -0.3 is 9.64 Å². The molecule has 1 spiro atoms. The molecular formula is C19H19FN2O3. The predicted molar refractivity (Wildman–Crippen MR) is 88.4 cm³/mol. The molecule has 0 aromatic heterocycles. The van der Waals surface area contributed by atoms with Crippen molar-refractivity contribution >= 4 is 11.7 Å². The van der Waals surface area contributed by atoms with Crippen molar-refractivity contribution in [3.05, 3.63) is 41.2 Å². The third kappa shape index (κ3) is 2.80. The van der Waals surface area contributed by atoms with Gasteiger partial charge in [0.15, 0.2) is 5.78 Å². The fourth-order valence-electron chi connectivity index (χ4n) is 3.91. The molecule has 1 aliphatic carbocycles. The van der Waals surface area contributed by atoms with Crippen LogP contribution in [0.2, 0.25) is 0 Å². The first-order valence-electron chi connectivity index (χ1n) is 8.02. The third-order valence-electron chi connectivity index (χ3n) is 4.91. The summed E-state index contributed by atoms with van der Waals surface area (Å²) in [6.07, 6.45) is 2.28. The Bertz CT molecular complexity index is 830. The Morgan fingerprint density at radius 2 is 2.04 bits per heavy atom. The van der Waals surface area contributed by atoms with E-state index in [1.807, 2.05) is 19.9 Å². The van der Waals surface area contributed by atoms with Crippen molar-refractivity contribution in [2.75, 3.05) is 20.2 Å². The molecule has 1 saturated heterocycles. The number of hydrogen-bond acceptors (Lipinski definition) is 4. The van der Waals surface area contributed by atoms with Crippen molar-refractivity contribution in [1.29, 1.82) is 5.26 Å². The van der Waals surface area contributed by atoms with E-state index >= 15 is 0 Å². The molecule has 0 N–H and O–H groups in total. The molecule has 0 atom stereocenters. The van der Waals surface area contributed by atoms with Crippen LogP contribution < -0.4 is 4.74 Å². The van der Waals surface area contributed by atoms with Gasteiger partial charge in [0.05, 0.1) is 18.2 Å².